The number of carboxylic acid groups (broad SMARTS) is 1. The number of pyridine rings is 1. The number of carbonyl (C=O) groups is 2. The Morgan fingerprint density at radius 2 is 1.95 bits per heavy atom. The van der Waals surface area contributed by atoms with Crippen molar-refractivity contribution < 1.29 is 14.7 Å². The molecule has 0 fully saturated rings. The summed E-state index contributed by atoms with van der Waals surface area (Å²) in [5.41, 5.74) is 6.24. The van der Waals surface area contributed by atoms with Gasteiger partial charge in [-0.2, -0.15) is 0 Å². The van der Waals surface area contributed by atoms with Crippen LogP contribution in [0.4, 0.5) is 0 Å². The zero-order chi connectivity index (χ0) is 13.6. The molecule has 0 spiro atoms. The number of primary amides is 1. The first kappa shape index (κ1) is 11.2. The maximum absolute atomic E-state index is 11.4. The molecular weight excluding hydrogens is 246 g/mol. The van der Waals surface area contributed by atoms with Gasteiger partial charge in [0.1, 0.15) is 5.69 Å². The number of aromatic carboxylic acids is 1. The van der Waals surface area contributed by atoms with Gasteiger partial charge in [0.15, 0.2) is 5.69 Å². The number of nitrogens with one attached hydrogen (secondary N) is 1. The number of nitrogens with two attached hydrogens (primary N) is 1. The maximum Gasteiger partial charge on any atom is 0.354 e. The van der Waals surface area contributed by atoms with E-state index in [1.807, 2.05) is 24.3 Å². The Labute approximate surface area is 106 Å². The Bertz CT molecular complexity index is 836. The van der Waals surface area contributed by atoms with E-state index in [2.05, 4.69) is 9.97 Å². The van der Waals surface area contributed by atoms with Gasteiger partial charge < -0.3 is 15.8 Å². The molecule has 6 heteroatoms. The summed E-state index contributed by atoms with van der Waals surface area (Å²) in [6.07, 6.45) is 0. The fourth-order valence-corrected chi connectivity index (χ4v) is 2.13. The summed E-state index contributed by atoms with van der Waals surface area (Å²) in [6, 6.07) is 8.78. The summed E-state index contributed by atoms with van der Waals surface area (Å²) in [5.74, 6) is -1.96. The number of amides is 1. The highest BCUT2D eigenvalue weighted by Gasteiger charge is 2.17. The molecule has 6 nitrogen and oxygen atoms in total. The van der Waals surface area contributed by atoms with Crippen molar-refractivity contribution in [2.75, 3.05) is 0 Å². The number of fused-ring (bicyclic) bond motifs is 3. The molecule has 1 amide bonds. The fraction of sp³-hybridized carbons (Fsp3) is 0. The van der Waals surface area contributed by atoms with Crippen LogP contribution in [0.1, 0.15) is 21.0 Å². The number of hydrogen-bond acceptors (Lipinski definition) is 3. The summed E-state index contributed by atoms with van der Waals surface area (Å²) < 4.78 is 0. The average molecular weight is 255 g/mol. The molecule has 2 aromatic heterocycles. The van der Waals surface area contributed by atoms with Crippen molar-refractivity contribution in [1.29, 1.82) is 0 Å². The van der Waals surface area contributed by atoms with Crippen molar-refractivity contribution >= 4 is 33.7 Å². The molecule has 3 rings (SSSR count). The second-order valence-electron chi connectivity index (χ2n) is 4.12. The lowest BCUT2D eigenvalue weighted by molar-refractivity contribution is 0.0690. The minimum atomic E-state index is -1.20. The molecule has 0 aliphatic heterocycles. The Hall–Kier alpha value is -2.89. The molecule has 3 aromatic rings. The highest BCUT2D eigenvalue weighted by Crippen LogP contribution is 2.27. The lowest BCUT2D eigenvalue weighted by Crippen LogP contribution is -2.16. The van der Waals surface area contributed by atoms with Gasteiger partial charge in [0.05, 0.1) is 5.52 Å². The molecule has 4 N–H and O–H groups in total. The van der Waals surface area contributed by atoms with Crippen molar-refractivity contribution in [3.8, 4) is 0 Å². The highest BCUT2D eigenvalue weighted by atomic mass is 16.4. The molecule has 94 valence electrons. The van der Waals surface area contributed by atoms with Crippen LogP contribution in [0.15, 0.2) is 30.3 Å². The fourth-order valence-electron chi connectivity index (χ4n) is 2.13. The van der Waals surface area contributed by atoms with E-state index in [4.69, 9.17) is 10.8 Å². The Balaban J connectivity index is 2.52. The van der Waals surface area contributed by atoms with Crippen LogP contribution in [0.25, 0.3) is 21.8 Å². The van der Waals surface area contributed by atoms with E-state index in [9.17, 15) is 9.59 Å². The van der Waals surface area contributed by atoms with Gasteiger partial charge in [-0.1, -0.05) is 18.2 Å². The number of rotatable bonds is 2. The Morgan fingerprint density at radius 1 is 1.21 bits per heavy atom. The van der Waals surface area contributed by atoms with Crippen LogP contribution in [0, 0.1) is 0 Å². The molecule has 2 heterocycles. The second-order valence-corrected chi connectivity index (χ2v) is 4.12. The zero-order valence-corrected chi connectivity index (χ0v) is 9.68. The van der Waals surface area contributed by atoms with Gasteiger partial charge in [-0.15, -0.1) is 0 Å². The Kier molecular flexibility index (Phi) is 2.25. The number of para-hydroxylation sites is 1. The van der Waals surface area contributed by atoms with Crippen LogP contribution in [-0.2, 0) is 0 Å². The summed E-state index contributed by atoms with van der Waals surface area (Å²) in [7, 11) is 0. The lowest BCUT2D eigenvalue weighted by atomic mass is 10.1. The number of nitrogens with zero attached hydrogens (tertiary/aromatic N) is 1. The van der Waals surface area contributed by atoms with Gasteiger partial charge in [0.25, 0.3) is 5.91 Å². The first-order valence-corrected chi connectivity index (χ1v) is 5.52. The minimum absolute atomic E-state index is 0.0638. The molecular formula is C13H9N3O3. The van der Waals surface area contributed by atoms with E-state index in [1.54, 1.807) is 0 Å². The van der Waals surface area contributed by atoms with Crippen LogP contribution in [0.5, 0.6) is 0 Å². The van der Waals surface area contributed by atoms with Crippen molar-refractivity contribution in [3.63, 3.8) is 0 Å². The standard InChI is InChI=1S/C13H9N3O3/c14-12(17)11-10-7(5-9(16-11)13(18)19)6-3-1-2-4-8(6)15-10/h1-5,15H,(H2,14,17)(H,18,19). The summed E-state index contributed by atoms with van der Waals surface area (Å²) >= 11 is 0. The molecule has 0 atom stereocenters. The molecule has 0 radical (unpaired) electrons. The third kappa shape index (κ3) is 1.61. The quantitative estimate of drug-likeness (QED) is 0.644. The van der Waals surface area contributed by atoms with Gasteiger partial charge in [0, 0.05) is 16.3 Å². The predicted molar refractivity (Wildman–Crippen MR) is 69.1 cm³/mol. The summed E-state index contributed by atoms with van der Waals surface area (Å²) in [4.78, 5) is 29.3. The zero-order valence-electron chi connectivity index (χ0n) is 9.68. The van der Waals surface area contributed by atoms with Crippen molar-refractivity contribution in [2.24, 2.45) is 5.73 Å². The minimum Gasteiger partial charge on any atom is -0.477 e. The van der Waals surface area contributed by atoms with Crippen LogP contribution in [0.3, 0.4) is 0 Å². The van der Waals surface area contributed by atoms with Gasteiger partial charge in [0.2, 0.25) is 0 Å². The summed E-state index contributed by atoms with van der Waals surface area (Å²) in [6.45, 7) is 0. The second kappa shape index (κ2) is 3.81. The monoisotopic (exact) mass is 255 g/mol. The maximum atomic E-state index is 11.4. The van der Waals surface area contributed by atoms with E-state index < -0.39 is 11.9 Å². The van der Waals surface area contributed by atoms with Crippen LogP contribution in [0.2, 0.25) is 0 Å². The van der Waals surface area contributed by atoms with E-state index >= 15 is 0 Å². The van der Waals surface area contributed by atoms with Crippen LogP contribution < -0.4 is 5.73 Å². The van der Waals surface area contributed by atoms with E-state index in [0.717, 1.165) is 10.9 Å². The number of carboxylic acids is 1. The molecule has 0 saturated heterocycles. The number of benzene rings is 1. The molecule has 0 aliphatic carbocycles. The largest absolute Gasteiger partial charge is 0.477 e. The number of hydrogen-bond donors (Lipinski definition) is 3. The smallest absolute Gasteiger partial charge is 0.354 e. The first-order chi connectivity index (χ1) is 9.08. The van der Waals surface area contributed by atoms with Crippen molar-refractivity contribution in [3.05, 3.63) is 41.7 Å². The molecule has 0 unspecified atom stereocenters. The molecule has 0 bridgehead atoms. The Morgan fingerprint density at radius 3 is 2.63 bits per heavy atom. The number of aromatic amines is 1. The molecule has 0 saturated carbocycles. The predicted octanol–water partition coefficient (Wildman–Crippen LogP) is 1.51. The third-order valence-corrected chi connectivity index (χ3v) is 2.95. The van der Waals surface area contributed by atoms with Gasteiger partial charge >= 0.3 is 5.97 Å². The number of H-pyrrole nitrogens is 1. The number of carbonyl (C=O) groups excluding carboxylic acids is 1. The molecule has 0 aliphatic rings. The first-order valence-electron chi connectivity index (χ1n) is 5.52. The van der Waals surface area contributed by atoms with E-state index in [1.165, 1.54) is 6.07 Å². The average Bonchev–Trinajstić information content (AvgIpc) is 2.75. The van der Waals surface area contributed by atoms with E-state index in [-0.39, 0.29) is 11.4 Å². The normalized spacial score (nSPS) is 10.9. The van der Waals surface area contributed by atoms with Gasteiger partial charge in [-0.3, -0.25) is 4.79 Å². The van der Waals surface area contributed by atoms with Crippen LogP contribution in [-0.4, -0.2) is 27.0 Å². The van der Waals surface area contributed by atoms with Gasteiger partial charge in [-0.05, 0) is 12.1 Å². The highest BCUT2D eigenvalue weighted by molar-refractivity contribution is 6.15. The van der Waals surface area contributed by atoms with E-state index in [0.29, 0.717) is 10.9 Å². The summed E-state index contributed by atoms with van der Waals surface area (Å²) in [5, 5.41) is 10.5. The lowest BCUT2D eigenvalue weighted by Gasteiger charge is -2.00. The SMILES string of the molecule is NC(=O)c1nc(C(=O)O)cc2c1[nH]c1ccccc12. The van der Waals surface area contributed by atoms with Crippen LogP contribution >= 0.6 is 0 Å². The number of aromatic nitrogens is 2. The molecule has 19 heavy (non-hydrogen) atoms. The topological polar surface area (TPSA) is 109 Å². The van der Waals surface area contributed by atoms with Gasteiger partial charge in [-0.25, -0.2) is 9.78 Å². The van der Waals surface area contributed by atoms with Crippen molar-refractivity contribution in [2.45, 2.75) is 0 Å². The molecule has 1 aromatic carbocycles. The third-order valence-electron chi connectivity index (χ3n) is 2.95. The van der Waals surface area contributed by atoms with Crippen molar-refractivity contribution in [1.82, 2.24) is 9.97 Å².